The van der Waals surface area contributed by atoms with Gasteiger partial charge in [0.1, 0.15) is 0 Å². The summed E-state index contributed by atoms with van der Waals surface area (Å²) in [6, 6.07) is 11.3. The predicted octanol–water partition coefficient (Wildman–Crippen LogP) is 4.49. The monoisotopic (exact) mass is 315 g/mol. The molecule has 0 aliphatic heterocycles. The van der Waals surface area contributed by atoms with Crippen molar-refractivity contribution in [2.24, 2.45) is 0 Å². The number of amides is 2. The molecule has 1 aliphatic rings. The van der Waals surface area contributed by atoms with Crippen LogP contribution in [0.15, 0.2) is 48.8 Å². The molecule has 2 amide bonds. The minimum Gasteiger partial charge on any atom is -0.315 e. The minimum absolute atomic E-state index is 0.0244. The second-order valence-corrected chi connectivity index (χ2v) is 5.92. The Labute approximate surface area is 135 Å². The molecule has 0 saturated heterocycles. The van der Waals surface area contributed by atoms with Crippen molar-refractivity contribution in [2.45, 2.75) is 31.8 Å². The minimum atomic E-state index is -0.119. The topological polar surface area (TPSA) is 45.2 Å². The Hall–Kier alpha value is -2.07. The van der Waals surface area contributed by atoms with Crippen LogP contribution in [-0.2, 0) is 0 Å². The lowest BCUT2D eigenvalue weighted by Crippen LogP contribution is -2.38. The summed E-state index contributed by atoms with van der Waals surface area (Å²) in [7, 11) is 0. The van der Waals surface area contributed by atoms with Crippen molar-refractivity contribution in [1.29, 1.82) is 0 Å². The van der Waals surface area contributed by atoms with Crippen LogP contribution in [0, 0.1) is 0 Å². The molecule has 1 saturated carbocycles. The fourth-order valence-corrected chi connectivity index (χ4v) is 2.72. The van der Waals surface area contributed by atoms with Crippen molar-refractivity contribution < 1.29 is 4.79 Å². The summed E-state index contributed by atoms with van der Waals surface area (Å²) in [6.45, 7) is 2.03. The third kappa shape index (κ3) is 3.22. The van der Waals surface area contributed by atoms with E-state index in [-0.39, 0.29) is 18.1 Å². The fourth-order valence-electron chi connectivity index (χ4n) is 2.54. The number of nitrogens with zero attached hydrogens (tertiary/aromatic N) is 2. The number of halogens is 1. The van der Waals surface area contributed by atoms with Gasteiger partial charge >= 0.3 is 6.03 Å². The van der Waals surface area contributed by atoms with E-state index in [0.29, 0.717) is 10.7 Å². The summed E-state index contributed by atoms with van der Waals surface area (Å²) >= 11 is 6.12. The van der Waals surface area contributed by atoms with E-state index in [9.17, 15) is 4.79 Å². The summed E-state index contributed by atoms with van der Waals surface area (Å²) in [5.41, 5.74) is 1.67. The number of hydrogen-bond acceptors (Lipinski definition) is 2. The molecule has 1 atom stereocenters. The molecular weight excluding hydrogens is 298 g/mol. The van der Waals surface area contributed by atoms with E-state index in [0.717, 1.165) is 18.4 Å². The molecule has 0 radical (unpaired) electrons. The zero-order valence-electron chi connectivity index (χ0n) is 12.4. The van der Waals surface area contributed by atoms with Gasteiger partial charge in [-0.2, -0.15) is 0 Å². The summed E-state index contributed by atoms with van der Waals surface area (Å²) in [5.74, 6) is 0. The van der Waals surface area contributed by atoms with Gasteiger partial charge in [0.05, 0.1) is 16.8 Å². The molecule has 0 unspecified atom stereocenters. The Morgan fingerprint density at radius 3 is 2.73 bits per heavy atom. The summed E-state index contributed by atoms with van der Waals surface area (Å²) in [4.78, 5) is 18.7. The number of urea groups is 1. The second kappa shape index (κ2) is 6.36. The molecule has 3 rings (SSSR count). The van der Waals surface area contributed by atoms with Gasteiger partial charge < -0.3 is 10.2 Å². The highest BCUT2D eigenvalue weighted by Crippen LogP contribution is 2.35. The number of pyridine rings is 1. The van der Waals surface area contributed by atoms with E-state index in [1.54, 1.807) is 18.3 Å². The molecule has 1 aromatic carbocycles. The van der Waals surface area contributed by atoms with Crippen molar-refractivity contribution in [3.05, 3.63) is 59.4 Å². The number of nitrogens with one attached hydrogen (secondary N) is 1. The molecule has 0 spiro atoms. The van der Waals surface area contributed by atoms with Gasteiger partial charge in [0.2, 0.25) is 0 Å². The number of anilines is 1. The molecule has 1 heterocycles. The van der Waals surface area contributed by atoms with Gasteiger partial charge in [-0.05, 0) is 43.5 Å². The smallest absolute Gasteiger partial charge is 0.315 e. The molecule has 2 aromatic rings. The molecule has 4 nitrogen and oxygen atoms in total. The van der Waals surface area contributed by atoms with Crippen molar-refractivity contribution >= 4 is 23.3 Å². The van der Waals surface area contributed by atoms with E-state index < -0.39 is 0 Å². The van der Waals surface area contributed by atoms with Crippen LogP contribution in [0.4, 0.5) is 10.5 Å². The standard InChI is InChI=1S/C17H18ClN3O/c1-12(13-5-4-10-19-11-13)21(14-8-9-14)17(22)20-16-7-3-2-6-15(16)18/h2-7,10-12,14H,8-9H2,1H3,(H,20,22)/t12-/m0/s1. The normalized spacial score (nSPS) is 15.2. The maximum Gasteiger partial charge on any atom is 0.322 e. The van der Waals surface area contributed by atoms with E-state index in [4.69, 9.17) is 11.6 Å². The lowest BCUT2D eigenvalue weighted by atomic mass is 10.1. The van der Waals surface area contributed by atoms with Crippen molar-refractivity contribution in [2.75, 3.05) is 5.32 Å². The average Bonchev–Trinajstić information content (AvgIpc) is 3.35. The van der Waals surface area contributed by atoms with Crippen molar-refractivity contribution in [1.82, 2.24) is 9.88 Å². The first-order valence-electron chi connectivity index (χ1n) is 7.40. The molecule has 22 heavy (non-hydrogen) atoms. The fraction of sp³-hybridized carbons (Fsp3) is 0.294. The Balaban J connectivity index is 1.79. The lowest BCUT2D eigenvalue weighted by Gasteiger charge is -2.29. The van der Waals surface area contributed by atoms with Gasteiger partial charge in [0.25, 0.3) is 0 Å². The second-order valence-electron chi connectivity index (χ2n) is 5.51. The number of para-hydroxylation sites is 1. The van der Waals surface area contributed by atoms with Crippen LogP contribution in [0.5, 0.6) is 0 Å². The van der Waals surface area contributed by atoms with Crippen LogP contribution >= 0.6 is 11.6 Å². The zero-order valence-corrected chi connectivity index (χ0v) is 13.1. The first kappa shape index (κ1) is 14.9. The zero-order chi connectivity index (χ0) is 15.5. The quantitative estimate of drug-likeness (QED) is 0.903. The van der Waals surface area contributed by atoms with Crippen LogP contribution in [-0.4, -0.2) is 22.0 Å². The molecular formula is C17H18ClN3O. The number of carbonyl (C=O) groups excluding carboxylic acids is 1. The molecule has 114 valence electrons. The maximum absolute atomic E-state index is 12.7. The van der Waals surface area contributed by atoms with Gasteiger partial charge in [-0.1, -0.05) is 29.8 Å². The number of hydrogen-bond donors (Lipinski definition) is 1. The third-order valence-electron chi connectivity index (χ3n) is 3.87. The first-order valence-corrected chi connectivity index (χ1v) is 7.78. The lowest BCUT2D eigenvalue weighted by molar-refractivity contribution is 0.189. The van der Waals surface area contributed by atoms with E-state index in [1.807, 2.05) is 42.3 Å². The van der Waals surface area contributed by atoms with E-state index in [2.05, 4.69) is 10.3 Å². The van der Waals surface area contributed by atoms with Crippen LogP contribution in [0.1, 0.15) is 31.4 Å². The number of carbonyl (C=O) groups is 1. The largest absolute Gasteiger partial charge is 0.322 e. The Bertz CT molecular complexity index is 658. The summed E-state index contributed by atoms with van der Waals surface area (Å²) in [6.07, 6.45) is 5.63. The van der Waals surface area contributed by atoms with Gasteiger partial charge in [-0.3, -0.25) is 4.98 Å². The van der Waals surface area contributed by atoms with Crippen LogP contribution in [0.2, 0.25) is 5.02 Å². The average molecular weight is 316 g/mol. The molecule has 1 fully saturated rings. The Morgan fingerprint density at radius 1 is 1.32 bits per heavy atom. The van der Waals surface area contributed by atoms with Gasteiger partial charge in [-0.25, -0.2) is 4.79 Å². The predicted molar refractivity (Wildman–Crippen MR) is 88.0 cm³/mol. The van der Waals surface area contributed by atoms with Crippen molar-refractivity contribution in [3.63, 3.8) is 0 Å². The van der Waals surface area contributed by atoms with Crippen LogP contribution in [0.25, 0.3) is 0 Å². The number of rotatable bonds is 4. The van der Waals surface area contributed by atoms with Gasteiger partial charge in [-0.15, -0.1) is 0 Å². The summed E-state index contributed by atoms with van der Waals surface area (Å²) in [5, 5.41) is 3.46. The van der Waals surface area contributed by atoms with Gasteiger partial charge in [0, 0.05) is 18.4 Å². The third-order valence-corrected chi connectivity index (χ3v) is 4.20. The molecule has 1 aliphatic carbocycles. The summed E-state index contributed by atoms with van der Waals surface area (Å²) < 4.78 is 0. The highest BCUT2D eigenvalue weighted by Gasteiger charge is 2.36. The SMILES string of the molecule is C[C@@H](c1cccnc1)N(C(=O)Nc1ccccc1Cl)C1CC1. The highest BCUT2D eigenvalue weighted by atomic mass is 35.5. The maximum atomic E-state index is 12.7. The molecule has 1 aromatic heterocycles. The van der Waals surface area contributed by atoms with Crippen LogP contribution < -0.4 is 5.32 Å². The van der Waals surface area contributed by atoms with E-state index in [1.165, 1.54) is 0 Å². The van der Waals surface area contributed by atoms with Gasteiger partial charge in [0.15, 0.2) is 0 Å². The number of benzene rings is 1. The Kier molecular flexibility index (Phi) is 4.29. The first-order chi connectivity index (χ1) is 10.7. The van der Waals surface area contributed by atoms with E-state index >= 15 is 0 Å². The highest BCUT2D eigenvalue weighted by molar-refractivity contribution is 6.33. The molecule has 0 bridgehead atoms. The Morgan fingerprint density at radius 2 is 2.09 bits per heavy atom. The number of aromatic nitrogens is 1. The van der Waals surface area contributed by atoms with Crippen molar-refractivity contribution in [3.8, 4) is 0 Å². The molecule has 1 N–H and O–H groups in total. The molecule has 5 heteroatoms. The van der Waals surface area contributed by atoms with Crippen LogP contribution in [0.3, 0.4) is 0 Å².